The van der Waals surface area contributed by atoms with Crippen molar-refractivity contribution in [2.24, 2.45) is 0 Å². The standard InChI is InChI=1S/C17H13N3O/c21-16-17(12-3-1-2-4-15(12)19-16)8-13(17)10-5-6-14-11(7-10)9-18-20-14/h1-7,9,13H,8H2,(H,18,20)(H,19,21)/t13?,17-/m0/s1. The van der Waals surface area contributed by atoms with Crippen LogP contribution in [0.3, 0.4) is 0 Å². The number of aromatic nitrogens is 2. The van der Waals surface area contributed by atoms with E-state index in [1.54, 1.807) is 0 Å². The van der Waals surface area contributed by atoms with Gasteiger partial charge in [-0.1, -0.05) is 24.3 Å². The fraction of sp³-hybridized carbons (Fsp3) is 0.176. The van der Waals surface area contributed by atoms with Crippen molar-refractivity contribution in [3.05, 3.63) is 59.8 Å². The van der Waals surface area contributed by atoms with Crippen molar-refractivity contribution in [2.75, 3.05) is 5.32 Å². The Bertz CT molecular complexity index is 898. The van der Waals surface area contributed by atoms with Gasteiger partial charge in [0, 0.05) is 17.0 Å². The van der Waals surface area contributed by atoms with E-state index in [-0.39, 0.29) is 17.2 Å². The molecule has 4 heteroatoms. The number of nitrogens with one attached hydrogen (secondary N) is 2. The molecule has 2 heterocycles. The van der Waals surface area contributed by atoms with Crippen LogP contribution >= 0.6 is 0 Å². The van der Waals surface area contributed by atoms with Crippen LogP contribution in [0.5, 0.6) is 0 Å². The molecule has 2 aliphatic rings. The van der Waals surface area contributed by atoms with Crippen LogP contribution in [0.25, 0.3) is 10.9 Å². The molecule has 0 bridgehead atoms. The molecule has 5 rings (SSSR count). The summed E-state index contributed by atoms with van der Waals surface area (Å²) in [6.07, 6.45) is 2.72. The molecule has 1 spiro atoms. The zero-order chi connectivity index (χ0) is 14.0. The number of hydrogen-bond acceptors (Lipinski definition) is 2. The maximum atomic E-state index is 12.5. The second-order valence-corrected chi connectivity index (χ2v) is 5.94. The Labute approximate surface area is 121 Å². The Balaban J connectivity index is 1.63. The molecule has 1 unspecified atom stereocenters. The van der Waals surface area contributed by atoms with E-state index in [0.717, 1.165) is 28.6 Å². The van der Waals surface area contributed by atoms with E-state index >= 15 is 0 Å². The molecule has 102 valence electrons. The second kappa shape index (κ2) is 3.52. The van der Waals surface area contributed by atoms with Crippen LogP contribution in [0.4, 0.5) is 5.69 Å². The topological polar surface area (TPSA) is 57.8 Å². The number of H-pyrrole nitrogens is 1. The number of carbonyl (C=O) groups is 1. The summed E-state index contributed by atoms with van der Waals surface area (Å²) in [7, 11) is 0. The van der Waals surface area contributed by atoms with Crippen molar-refractivity contribution in [3.63, 3.8) is 0 Å². The third-order valence-corrected chi connectivity index (χ3v) is 4.89. The van der Waals surface area contributed by atoms with Gasteiger partial charge in [-0.15, -0.1) is 0 Å². The largest absolute Gasteiger partial charge is 0.325 e. The maximum absolute atomic E-state index is 12.5. The normalized spacial score (nSPS) is 26.1. The van der Waals surface area contributed by atoms with Crippen LogP contribution in [0.2, 0.25) is 0 Å². The van der Waals surface area contributed by atoms with Crippen LogP contribution in [0.15, 0.2) is 48.7 Å². The quantitative estimate of drug-likeness (QED) is 0.717. The highest BCUT2D eigenvalue weighted by Gasteiger charge is 2.64. The average Bonchev–Trinajstić information content (AvgIpc) is 2.97. The number of nitrogens with zero attached hydrogens (tertiary/aromatic N) is 1. The molecule has 1 aliphatic carbocycles. The maximum Gasteiger partial charge on any atom is 0.235 e. The van der Waals surface area contributed by atoms with Crippen LogP contribution in [0, 0.1) is 0 Å². The van der Waals surface area contributed by atoms with Crippen molar-refractivity contribution in [1.29, 1.82) is 0 Å². The van der Waals surface area contributed by atoms with Gasteiger partial charge in [0.25, 0.3) is 0 Å². The summed E-state index contributed by atoms with van der Waals surface area (Å²) in [5.74, 6) is 0.404. The Kier molecular flexibility index (Phi) is 1.86. The fourth-order valence-electron chi connectivity index (χ4n) is 3.73. The number of hydrogen-bond donors (Lipinski definition) is 2. The van der Waals surface area contributed by atoms with E-state index in [1.807, 2.05) is 30.5 Å². The summed E-state index contributed by atoms with van der Waals surface area (Å²) >= 11 is 0. The Hall–Kier alpha value is -2.62. The van der Waals surface area contributed by atoms with Crippen LogP contribution in [-0.2, 0) is 10.2 Å². The zero-order valence-electron chi connectivity index (χ0n) is 11.3. The predicted molar refractivity (Wildman–Crippen MR) is 80.2 cm³/mol. The number of amides is 1. The first-order valence-corrected chi connectivity index (χ1v) is 7.13. The van der Waals surface area contributed by atoms with Crippen molar-refractivity contribution >= 4 is 22.5 Å². The first-order valence-electron chi connectivity index (χ1n) is 7.13. The van der Waals surface area contributed by atoms with Gasteiger partial charge in [0.05, 0.1) is 17.1 Å². The Morgan fingerprint density at radius 2 is 2.10 bits per heavy atom. The average molecular weight is 275 g/mol. The summed E-state index contributed by atoms with van der Waals surface area (Å²) in [4.78, 5) is 12.5. The molecule has 1 saturated carbocycles. The van der Waals surface area contributed by atoms with Gasteiger partial charge in [0.15, 0.2) is 0 Å². The molecule has 1 aromatic heterocycles. The molecule has 2 aromatic carbocycles. The van der Waals surface area contributed by atoms with Crippen molar-refractivity contribution in [2.45, 2.75) is 17.8 Å². The minimum atomic E-state index is -0.353. The highest BCUT2D eigenvalue weighted by atomic mass is 16.2. The number of para-hydroxylation sites is 1. The highest BCUT2D eigenvalue weighted by Crippen LogP contribution is 2.64. The van der Waals surface area contributed by atoms with Gasteiger partial charge in [-0.2, -0.15) is 5.10 Å². The first kappa shape index (κ1) is 11.1. The molecule has 2 atom stereocenters. The summed E-state index contributed by atoms with van der Waals surface area (Å²) < 4.78 is 0. The van der Waals surface area contributed by atoms with Crippen LogP contribution < -0.4 is 5.32 Å². The lowest BCUT2D eigenvalue weighted by Crippen LogP contribution is -2.20. The van der Waals surface area contributed by atoms with Gasteiger partial charge in [-0.3, -0.25) is 9.89 Å². The van der Waals surface area contributed by atoms with Crippen LogP contribution in [-0.4, -0.2) is 16.1 Å². The molecule has 3 aromatic rings. The molecule has 1 aliphatic heterocycles. The van der Waals surface area contributed by atoms with E-state index in [4.69, 9.17) is 0 Å². The number of fused-ring (bicyclic) bond motifs is 3. The van der Waals surface area contributed by atoms with Crippen molar-refractivity contribution in [1.82, 2.24) is 10.2 Å². The van der Waals surface area contributed by atoms with Crippen LogP contribution in [0.1, 0.15) is 23.5 Å². The molecule has 1 fully saturated rings. The molecule has 0 radical (unpaired) electrons. The summed E-state index contributed by atoms with van der Waals surface area (Å²) in [5.41, 5.74) is 4.01. The monoisotopic (exact) mass is 275 g/mol. The third kappa shape index (κ3) is 1.29. The molecular formula is C17H13N3O. The predicted octanol–water partition coefficient (Wildman–Crippen LogP) is 2.94. The van der Waals surface area contributed by atoms with Gasteiger partial charge < -0.3 is 5.32 Å². The number of anilines is 1. The SMILES string of the molecule is O=C1Nc2ccccc2[C@]12CC2c1ccc2[nH]ncc2c1. The minimum absolute atomic E-state index is 0.140. The van der Waals surface area contributed by atoms with E-state index < -0.39 is 0 Å². The number of rotatable bonds is 1. The Morgan fingerprint density at radius 3 is 3.05 bits per heavy atom. The van der Waals surface area contributed by atoms with E-state index in [1.165, 1.54) is 5.56 Å². The van der Waals surface area contributed by atoms with E-state index in [2.05, 4.69) is 33.7 Å². The zero-order valence-corrected chi connectivity index (χ0v) is 11.3. The van der Waals surface area contributed by atoms with Crippen molar-refractivity contribution in [3.8, 4) is 0 Å². The summed E-state index contributed by atoms with van der Waals surface area (Å²) in [5, 5.41) is 11.1. The lowest BCUT2D eigenvalue weighted by Gasteiger charge is -2.08. The Morgan fingerprint density at radius 1 is 1.19 bits per heavy atom. The number of carbonyl (C=O) groups excluding carboxylic acids is 1. The highest BCUT2D eigenvalue weighted by molar-refractivity contribution is 6.09. The molecule has 21 heavy (non-hydrogen) atoms. The summed E-state index contributed by atoms with van der Waals surface area (Å²) in [6, 6.07) is 14.3. The van der Waals surface area contributed by atoms with E-state index in [9.17, 15) is 4.79 Å². The molecule has 1 amide bonds. The lowest BCUT2D eigenvalue weighted by atomic mass is 9.92. The number of aromatic amines is 1. The molecular weight excluding hydrogens is 262 g/mol. The minimum Gasteiger partial charge on any atom is -0.325 e. The van der Waals surface area contributed by atoms with Gasteiger partial charge in [-0.05, 0) is 35.7 Å². The smallest absolute Gasteiger partial charge is 0.235 e. The molecule has 4 nitrogen and oxygen atoms in total. The summed E-state index contributed by atoms with van der Waals surface area (Å²) in [6.45, 7) is 0. The molecule has 0 saturated heterocycles. The van der Waals surface area contributed by atoms with Crippen molar-refractivity contribution < 1.29 is 4.79 Å². The van der Waals surface area contributed by atoms with Gasteiger partial charge in [-0.25, -0.2) is 0 Å². The lowest BCUT2D eigenvalue weighted by molar-refractivity contribution is -0.118. The second-order valence-electron chi connectivity index (χ2n) is 5.94. The van der Waals surface area contributed by atoms with E-state index in [0.29, 0.717) is 0 Å². The number of benzene rings is 2. The first-order chi connectivity index (χ1) is 10.3. The molecule has 2 N–H and O–H groups in total. The van der Waals surface area contributed by atoms with Gasteiger partial charge in [0.1, 0.15) is 0 Å². The fourth-order valence-corrected chi connectivity index (χ4v) is 3.73. The third-order valence-electron chi connectivity index (χ3n) is 4.89. The van der Waals surface area contributed by atoms with Gasteiger partial charge >= 0.3 is 0 Å². The van der Waals surface area contributed by atoms with Gasteiger partial charge in [0.2, 0.25) is 5.91 Å².